The van der Waals surface area contributed by atoms with Gasteiger partial charge in [-0.15, -0.1) is 0 Å². The van der Waals surface area contributed by atoms with Crippen molar-refractivity contribution in [3.05, 3.63) is 106 Å². The van der Waals surface area contributed by atoms with Crippen LogP contribution in [0.25, 0.3) is 16.3 Å². The zero-order chi connectivity index (χ0) is 25.3. The monoisotopic (exact) mass is 463 g/mol. The van der Waals surface area contributed by atoms with Crippen LogP contribution in [0.2, 0.25) is 0 Å². The third-order valence-corrected chi connectivity index (χ3v) is 7.09. The molecule has 0 amide bonds. The third kappa shape index (κ3) is 4.23. The summed E-state index contributed by atoms with van der Waals surface area (Å²) in [4.78, 5) is 15.1. The summed E-state index contributed by atoms with van der Waals surface area (Å²) in [5, 5.41) is 2.39. The number of hydrogen-bond acceptors (Lipinski definition) is 3. The van der Waals surface area contributed by atoms with Gasteiger partial charge < -0.3 is 9.64 Å². The zero-order valence-electron chi connectivity index (χ0n) is 21.7. The Morgan fingerprint density at radius 3 is 1.89 bits per heavy atom. The van der Waals surface area contributed by atoms with Crippen molar-refractivity contribution in [2.45, 2.75) is 41.5 Å². The molecule has 178 valence electrons. The Balaban J connectivity index is 2.10. The number of nitrogens with zero attached hydrogens (tertiary/aromatic N) is 1. The Morgan fingerprint density at radius 1 is 0.714 bits per heavy atom. The second-order valence-electron chi connectivity index (χ2n) is 9.08. The van der Waals surface area contributed by atoms with E-state index in [0.717, 1.165) is 44.9 Å². The van der Waals surface area contributed by atoms with Crippen molar-refractivity contribution >= 4 is 39.2 Å². The molecule has 3 nitrogen and oxygen atoms in total. The van der Waals surface area contributed by atoms with Gasteiger partial charge in [-0.1, -0.05) is 54.6 Å². The van der Waals surface area contributed by atoms with Crippen LogP contribution in [0.1, 0.15) is 41.7 Å². The van der Waals surface area contributed by atoms with E-state index >= 15 is 0 Å². The molecule has 0 aliphatic carbocycles. The van der Waals surface area contributed by atoms with Gasteiger partial charge in [-0.2, -0.15) is 0 Å². The molecule has 3 heteroatoms. The molecule has 0 aromatic heterocycles. The van der Waals surface area contributed by atoms with Crippen molar-refractivity contribution < 1.29 is 9.53 Å². The number of anilines is 3. The quantitative estimate of drug-likeness (QED) is 0.212. The van der Waals surface area contributed by atoms with Crippen LogP contribution >= 0.6 is 0 Å². The fourth-order valence-corrected chi connectivity index (χ4v) is 5.07. The molecule has 0 N–H and O–H groups in total. The lowest BCUT2D eigenvalue weighted by molar-refractivity contribution is -0.111. The summed E-state index contributed by atoms with van der Waals surface area (Å²) >= 11 is 0. The number of fused-ring (bicyclic) bond motifs is 1. The molecule has 0 radical (unpaired) electrons. The van der Waals surface area contributed by atoms with Gasteiger partial charge in [-0.25, -0.2) is 0 Å². The fraction of sp³-hybridized carbons (Fsp3) is 0.219. The van der Waals surface area contributed by atoms with E-state index in [1.165, 1.54) is 10.8 Å². The lowest BCUT2D eigenvalue weighted by Crippen LogP contribution is -2.17. The van der Waals surface area contributed by atoms with E-state index < -0.39 is 0 Å². The van der Waals surface area contributed by atoms with Crippen molar-refractivity contribution in [2.75, 3.05) is 12.0 Å². The molecule has 4 rings (SSSR count). The fourth-order valence-electron chi connectivity index (χ4n) is 5.07. The molecule has 4 aromatic carbocycles. The van der Waals surface area contributed by atoms with Gasteiger partial charge in [0.1, 0.15) is 5.76 Å². The Labute approximate surface area is 208 Å². The predicted molar refractivity (Wildman–Crippen MR) is 148 cm³/mol. The normalized spacial score (nSPS) is 11.9. The predicted octanol–water partition coefficient (Wildman–Crippen LogP) is 8.51. The molecule has 0 atom stereocenters. The van der Waals surface area contributed by atoms with Crippen LogP contribution in [-0.4, -0.2) is 12.9 Å². The first-order valence-corrected chi connectivity index (χ1v) is 12.0. The number of ketones is 1. The molecule has 0 unspecified atom stereocenters. The summed E-state index contributed by atoms with van der Waals surface area (Å²) in [5.74, 6) is 0.653. The van der Waals surface area contributed by atoms with E-state index in [-0.39, 0.29) is 5.78 Å². The second kappa shape index (κ2) is 9.79. The highest BCUT2D eigenvalue weighted by Crippen LogP contribution is 2.45. The maximum Gasteiger partial charge on any atom is 0.163 e. The van der Waals surface area contributed by atoms with Gasteiger partial charge in [0.25, 0.3) is 0 Å². The number of ether oxygens (including phenoxy) is 1. The summed E-state index contributed by atoms with van der Waals surface area (Å²) in [7, 11) is 1.62. The molecule has 0 aliphatic heterocycles. The molecule has 35 heavy (non-hydrogen) atoms. The highest BCUT2D eigenvalue weighted by molar-refractivity contribution is 6.21. The van der Waals surface area contributed by atoms with Crippen LogP contribution in [0, 0.1) is 27.7 Å². The molecular weight excluding hydrogens is 430 g/mol. The first-order valence-electron chi connectivity index (χ1n) is 12.0. The highest BCUT2D eigenvalue weighted by Gasteiger charge is 2.26. The average molecular weight is 464 g/mol. The Bertz CT molecular complexity index is 1410. The number of methoxy groups -OCH3 is 1. The Morgan fingerprint density at radius 2 is 1.29 bits per heavy atom. The van der Waals surface area contributed by atoms with Gasteiger partial charge in [0.05, 0.1) is 24.1 Å². The summed E-state index contributed by atoms with van der Waals surface area (Å²) in [5.41, 5.74) is 9.45. The number of hydrogen-bond donors (Lipinski definition) is 0. The third-order valence-electron chi connectivity index (χ3n) is 7.09. The van der Waals surface area contributed by atoms with Crippen LogP contribution in [0.15, 0.2) is 78.6 Å². The number of carbonyl (C=O) groups is 1. The number of Topliss-reactive ketones (excluding diaryl/α,β-unsaturated/α-hetero) is 1. The summed E-state index contributed by atoms with van der Waals surface area (Å²) < 4.78 is 5.53. The number of rotatable bonds is 6. The van der Waals surface area contributed by atoms with Gasteiger partial charge >= 0.3 is 0 Å². The lowest BCUT2D eigenvalue weighted by Gasteiger charge is -2.32. The van der Waals surface area contributed by atoms with Gasteiger partial charge in [-0.05, 0) is 92.9 Å². The first-order chi connectivity index (χ1) is 16.8. The van der Waals surface area contributed by atoms with E-state index in [1.54, 1.807) is 14.0 Å². The number of para-hydroxylation sites is 1. The molecule has 4 aromatic rings. The molecule has 0 bridgehead atoms. The molecule has 0 fully saturated rings. The SMILES string of the molecule is CO/C(C)=C(\C(C)=O)c1c(C)c(C)c(N(c2ccccc2)c2cccc3ccccc23)c(C)c1C. The van der Waals surface area contributed by atoms with Crippen LogP contribution in [0.5, 0.6) is 0 Å². The molecular formula is C32H33NO2. The van der Waals surface area contributed by atoms with Crippen LogP contribution in [0.3, 0.4) is 0 Å². The van der Waals surface area contributed by atoms with Crippen LogP contribution < -0.4 is 4.90 Å². The van der Waals surface area contributed by atoms with Crippen molar-refractivity contribution in [3.8, 4) is 0 Å². The van der Waals surface area contributed by atoms with E-state index in [4.69, 9.17) is 4.74 Å². The molecule has 0 saturated carbocycles. The minimum Gasteiger partial charge on any atom is -0.501 e. The molecule has 0 heterocycles. The first kappa shape index (κ1) is 24.3. The van der Waals surface area contributed by atoms with Gasteiger partial charge in [0.2, 0.25) is 0 Å². The maximum atomic E-state index is 12.7. The zero-order valence-corrected chi connectivity index (χ0v) is 21.7. The Hall–Kier alpha value is -3.85. The molecule has 0 spiro atoms. The van der Waals surface area contributed by atoms with Crippen LogP contribution in [-0.2, 0) is 9.53 Å². The van der Waals surface area contributed by atoms with Gasteiger partial charge in [-0.3, -0.25) is 4.79 Å². The van der Waals surface area contributed by atoms with E-state index in [1.807, 2.05) is 13.0 Å². The van der Waals surface area contributed by atoms with Crippen molar-refractivity contribution in [2.24, 2.45) is 0 Å². The minimum atomic E-state index is 0.0102. The van der Waals surface area contributed by atoms with Crippen molar-refractivity contribution in [1.82, 2.24) is 0 Å². The van der Waals surface area contributed by atoms with Gasteiger partial charge in [0, 0.05) is 11.1 Å². The topological polar surface area (TPSA) is 29.5 Å². The number of carbonyl (C=O) groups excluding carboxylic acids is 1. The van der Waals surface area contributed by atoms with Crippen molar-refractivity contribution in [3.63, 3.8) is 0 Å². The standard InChI is InChI=1S/C32H33NO2/c1-20-22(3)32(23(4)21(2)30(20)31(24(5)34)25(6)35-7)33(27-16-9-8-10-17-27)29-19-13-15-26-14-11-12-18-28(26)29/h8-19H,1-7H3/b31-25+. The molecule has 0 aliphatic rings. The van der Waals surface area contributed by atoms with E-state index in [9.17, 15) is 4.79 Å². The van der Waals surface area contributed by atoms with E-state index in [2.05, 4.69) is 99.3 Å². The van der Waals surface area contributed by atoms with Crippen molar-refractivity contribution in [1.29, 1.82) is 0 Å². The summed E-state index contributed by atoms with van der Waals surface area (Å²) in [6.07, 6.45) is 0. The second-order valence-corrected chi connectivity index (χ2v) is 9.08. The smallest absolute Gasteiger partial charge is 0.163 e. The number of allylic oxidation sites excluding steroid dienone is 2. The lowest BCUT2D eigenvalue weighted by atomic mass is 9.85. The minimum absolute atomic E-state index is 0.0102. The Kier molecular flexibility index (Phi) is 6.79. The average Bonchev–Trinajstić information content (AvgIpc) is 2.87. The number of benzene rings is 4. The van der Waals surface area contributed by atoms with Crippen LogP contribution in [0.4, 0.5) is 17.1 Å². The largest absolute Gasteiger partial charge is 0.501 e. The maximum absolute atomic E-state index is 12.7. The van der Waals surface area contributed by atoms with E-state index in [0.29, 0.717) is 11.3 Å². The molecule has 0 saturated heterocycles. The van der Waals surface area contributed by atoms with Gasteiger partial charge in [0.15, 0.2) is 5.78 Å². The summed E-state index contributed by atoms with van der Waals surface area (Å²) in [6, 6.07) is 25.4. The summed E-state index contributed by atoms with van der Waals surface area (Å²) in [6.45, 7) is 12.0. The highest BCUT2D eigenvalue weighted by atomic mass is 16.5.